The van der Waals surface area contributed by atoms with Crippen LogP contribution in [0.2, 0.25) is 0 Å². The second kappa shape index (κ2) is 5.41. The Kier molecular flexibility index (Phi) is 3.67. The first-order valence-electron chi connectivity index (χ1n) is 5.88. The number of hydrogen-bond acceptors (Lipinski definition) is 3. The van der Waals surface area contributed by atoms with Crippen molar-refractivity contribution in [2.75, 3.05) is 11.1 Å². The van der Waals surface area contributed by atoms with Crippen LogP contribution in [0.3, 0.4) is 0 Å². The van der Waals surface area contributed by atoms with Crippen molar-refractivity contribution in [3.05, 3.63) is 58.9 Å². The maximum Gasteiger partial charge on any atom is 0.255 e. The summed E-state index contributed by atoms with van der Waals surface area (Å²) in [5.74, 6) is -0.952. The highest BCUT2D eigenvalue weighted by atomic mass is 19.1. The quantitative estimate of drug-likeness (QED) is 0.823. The molecule has 4 nitrogen and oxygen atoms in total. The molecule has 0 aliphatic carbocycles. The lowest BCUT2D eigenvalue weighted by Gasteiger charge is -2.08. The van der Waals surface area contributed by atoms with Crippen molar-refractivity contribution >= 4 is 17.3 Å². The van der Waals surface area contributed by atoms with Gasteiger partial charge >= 0.3 is 0 Å². The smallest absolute Gasteiger partial charge is 0.255 e. The second-order valence-corrected chi connectivity index (χ2v) is 4.33. The van der Waals surface area contributed by atoms with Gasteiger partial charge in [0.1, 0.15) is 11.9 Å². The largest absolute Gasteiger partial charge is 0.399 e. The predicted molar refractivity (Wildman–Crippen MR) is 74.7 cm³/mol. The number of carbonyl (C=O) groups is 1. The number of carbonyl (C=O) groups excluding carboxylic acids is 1. The van der Waals surface area contributed by atoms with Crippen LogP contribution in [0.4, 0.5) is 15.8 Å². The van der Waals surface area contributed by atoms with Gasteiger partial charge in [-0.05, 0) is 48.9 Å². The minimum absolute atomic E-state index is 0.114. The number of halogens is 1. The number of nitrogens with one attached hydrogen (secondary N) is 1. The van der Waals surface area contributed by atoms with Crippen molar-refractivity contribution in [3.8, 4) is 6.07 Å². The van der Waals surface area contributed by atoms with Crippen molar-refractivity contribution in [1.82, 2.24) is 0 Å². The van der Waals surface area contributed by atoms with Gasteiger partial charge in [0.25, 0.3) is 5.91 Å². The average molecular weight is 269 g/mol. The van der Waals surface area contributed by atoms with E-state index in [-0.39, 0.29) is 11.5 Å². The molecular formula is C15H12FN3O. The van der Waals surface area contributed by atoms with Crippen molar-refractivity contribution < 1.29 is 9.18 Å². The van der Waals surface area contributed by atoms with E-state index in [9.17, 15) is 9.18 Å². The van der Waals surface area contributed by atoms with Crippen molar-refractivity contribution in [1.29, 1.82) is 5.26 Å². The lowest BCUT2D eigenvalue weighted by Crippen LogP contribution is -2.13. The summed E-state index contributed by atoms with van der Waals surface area (Å²) in [6, 6.07) is 10.5. The number of rotatable bonds is 2. The molecule has 0 atom stereocenters. The molecule has 0 aromatic heterocycles. The van der Waals surface area contributed by atoms with Crippen LogP contribution in [0.1, 0.15) is 21.5 Å². The van der Waals surface area contributed by atoms with Gasteiger partial charge in [-0.25, -0.2) is 4.39 Å². The van der Waals surface area contributed by atoms with Crippen LogP contribution in [-0.2, 0) is 0 Å². The minimum atomic E-state index is -0.617. The second-order valence-electron chi connectivity index (χ2n) is 4.33. The lowest BCUT2D eigenvalue weighted by molar-refractivity contribution is 0.102. The van der Waals surface area contributed by atoms with Gasteiger partial charge in [0.15, 0.2) is 0 Å². The highest BCUT2D eigenvalue weighted by Gasteiger charge is 2.10. The molecule has 2 aromatic carbocycles. The van der Waals surface area contributed by atoms with E-state index in [1.807, 2.05) is 0 Å². The molecule has 0 fully saturated rings. The standard InChI is InChI=1S/C15H12FN3O/c1-9-6-11(18)2-4-13(9)15(20)19-12-3-5-14(16)10(7-12)8-17/h2-7H,18H2,1H3,(H,19,20). The molecule has 1 amide bonds. The Morgan fingerprint density at radius 2 is 2.05 bits per heavy atom. The zero-order valence-corrected chi connectivity index (χ0v) is 10.8. The van der Waals surface area contributed by atoms with Crippen LogP contribution in [-0.4, -0.2) is 5.91 Å². The van der Waals surface area contributed by atoms with Crippen LogP contribution >= 0.6 is 0 Å². The summed E-state index contributed by atoms with van der Waals surface area (Å²) in [7, 11) is 0. The Morgan fingerprint density at radius 1 is 1.30 bits per heavy atom. The average Bonchev–Trinajstić information content (AvgIpc) is 2.40. The zero-order chi connectivity index (χ0) is 14.7. The van der Waals surface area contributed by atoms with Gasteiger partial charge in [0, 0.05) is 16.9 Å². The molecule has 0 radical (unpaired) electrons. The predicted octanol–water partition coefficient (Wildman–Crippen LogP) is 2.84. The monoisotopic (exact) mass is 269 g/mol. The van der Waals surface area contributed by atoms with E-state index in [2.05, 4.69) is 5.32 Å². The van der Waals surface area contributed by atoms with Crippen LogP contribution < -0.4 is 11.1 Å². The molecule has 0 aliphatic rings. The number of amides is 1. The Hall–Kier alpha value is -2.87. The van der Waals surface area contributed by atoms with E-state index in [4.69, 9.17) is 11.0 Å². The zero-order valence-electron chi connectivity index (χ0n) is 10.8. The summed E-state index contributed by atoms with van der Waals surface area (Å²) in [4.78, 5) is 12.1. The fourth-order valence-electron chi connectivity index (χ4n) is 1.83. The van der Waals surface area contributed by atoms with Gasteiger partial charge in [-0.1, -0.05) is 0 Å². The molecular weight excluding hydrogens is 257 g/mol. The molecule has 0 bridgehead atoms. The van der Waals surface area contributed by atoms with Gasteiger partial charge < -0.3 is 11.1 Å². The first-order valence-corrected chi connectivity index (χ1v) is 5.88. The number of nitrogens with zero attached hydrogens (tertiary/aromatic N) is 1. The number of hydrogen-bond donors (Lipinski definition) is 2. The normalized spacial score (nSPS) is 9.85. The molecule has 2 aromatic rings. The van der Waals surface area contributed by atoms with Crippen LogP contribution in [0.15, 0.2) is 36.4 Å². The summed E-state index contributed by atoms with van der Waals surface area (Å²) in [6.07, 6.45) is 0. The third kappa shape index (κ3) is 2.75. The minimum Gasteiger partial charge on any atom is -0.399 e. The van der Waals surface area contributed by atoms with E-state index in [1.165, 1.54) is 12.1 Å². The third-order valence-electron chi connectivity index (χ3n) is 2.84. The molecule has 0 aliphatic heterocycles. The van der Waals surface area contributed by atoms with Gasteiger partial charge in [-0.15, -0.1) is 0 Å². The third-order valence-corrected chi connectivity index (χ3v) is 2.84. The van der Waals surface area contributed by atoms with E-state index >= 15 is 0 Å². The van der Waals surface area contributed by atoms with Gasteiger partial charge in [-0.3, -0.25) is 4.79 Å². The summed E-state index contributed by atoms with van der Waals surface area (Å²) >= 11 is 0. The highest BCUT2D eigenvalue weighted by Crippen LogP contribution is 2.17. The van der Waals surface area contributed by atoms with Gasteiger partial charge in [-0.2, -0.15) is 5.26 Å². The fraction of sp³-hybridized carbons (Fsp3) is 0.0667. The number of nitriles is 1. The number of aryl methyl sites for hydroxylation is 1. The number of benzene rings is 2. The van der Waals surface area contributed by atoms with E-state index in [1.54, 1.807) is 31.2 Å². The number of nitrogen functional groups attached to an aromatic ring is 1. The maximum atomic E-state index is 13.2. The Labute approximate surface area is 115 Å². The van der Waals surface area contributed by atoms with Crippen molar-refractivity contribution in [2.24, 2.45) is 0 Å². The summed E-state index contributed by atoms with van der Waals surface area (Å²) in [5, 5.41) is 11.4. The van der Waals surface area contributed by atoms with Crippen LogP contribution in [0.5, 0.6) is 0 Å². The van der Waals surface area contributed by atoms with E-state index < -0.39 is 5.82 Å². The topological polar surface area (TPSA) is 78.9 Å². The molecule has 0 saturated carbocycles. The maximum absolute atomic E-state index is 13.2. The highest BCUT2D eigenvalue weighted by molar-refractivity contribution is 6.05. The molecule has 0 heterocycles. The molecule has 0 unspecified atom stereocenters. The fourth-order valence-corrected chi connectivity index (χ4v) is 1.83. The molecule has 5 heteroatoms. The van der Waals surface area contributed by atoms with Crippen molar-refractivity contribution in [2.45, 2.75) is 6.92 Å². The molecule has 100 valence electrons. The van der Waals surface area contributed by atoms with Crippen LogP contribution in [0.25, 0.3) is 0 Å². The number of anilines is 2. The molecule has 2 rings (SSSR count). The van der Waals surface area contributed by atoms with Gasteiger partial charge in [0.05, 0.1) is 5.56 Å². The Morgan fingerprint density at radius 3 is 2.70 bits per heavy atom. The Balaban J connectivity index is 2.26. The molecule has 3 N–H and O–H groups in total. The Bertz CT molecular complexity index is 720. The SMILES string of the molecule is Cc1cc(N)ccc1C(=O)Nc1ccc(F)c(C#N)c1. The number of nitrogens with two attached hydrogens (primary N) is 1. The van der Waals surface area contributed by atoms with E-state index in [0.717, 1.165) is 11.6 Å². The van der Waals surface area contributed by atoms with Crippen LogP contribution in [0, 0.1) is 24.1 Å². The lowest BCUT2D eigenvalue weighted by atomic mass is 10.1. The first-order chi connectivity index (χ1) is 9.51. The molecule has 0 saturated heterocycles. The summed E-state index contributed by atoms with van der Waals surface area (Å²) < 4.78 is 13.2. The van der Waals surface area contributed by atoms with E-state index in [0.29, 0.717) is 16.9 Å². The first kappa shape index (κ1) is 13.6. The molecule has 20 heavy (non-hydrogen) atoms. The van der Waals surface area contributed by atoms with Crippen molar-refractivity contribution in [3.63, 3.8) is 0 Å². The summed E-state index contributed by atoms with van der Waals surface area (Å²) in [6.45, 7) is 1.77. The summed E-state index contributed by atoms with van der Waals surface area (Å²) in [5.41, 5.74) is 7.67. The molecule has 0 spiro atoms. The van der Waals surface area contributed by atoms with Gasteiger partial charge in [0.2, 0.25) is 0 Å².